The standard InChI is InChI=1S/C14H16F2O.C9H7N3O2.CH4O/c1-8-6-10(7-17-8)11-4-5-12(15)14(16)13(11)9-2-3-9;10-9(14)8-7-5(1-3-12-8)11-4-2-6(7)13;1-2/h4-5,8-10H,2-3,6-7H2,1H3;1-4H,(H2,10,14)(H,11,13);2H,1H3. The molecule has 3 heterocycles. The van der Waals surface area contributed by atoms with Gasteiger partial charge in [-0.05, 0) is 55.4 Å². The fraction of sp³-hybridized carbons (Fsp3) is 0.375. The Kier molecular flexibility index (Phi) is 7.88. The number of aromatic amines is 1. The number of rotatable bonds is 3. The van der Waals surface area contributed by atoms with Crippen molar-refractivity contribution in [3.05, 3.63) is 75.3 Å². The molecule has 9 heteroatoms. The average Bonchev–Trinajstić information content (AvgIpc) is 3.56. The molecule has 0 spiro atoms. The molecule has 2 aromatic heterocycles. The zero-order chi connectivity index (χ0) is 24.1. The van der Waals surface area contributed by atoms with Crippen LogP contribution in [-0.4, -0.2) is 40.8 Å². The Balaban J connectivity index is 0.000000176. The van der Waals surface area contributed by atoms with Crippen molar-refractivity contribution in [2.75, 3.05) is 13.7 Å². The summed E-state index contributed by atoms with van der Waals surface area (Å²) in [6, 6.07) is 5.94. The third-order valence-corrected chi connectivity index (χ3v) is 5.69. The predicted octanol–water partition coefficient (Wildman–Crippen LogP) is 3.37. The van der Waals surface area contributed by atoms with Crippen molar-refractivity contribution in [2.24, 2.45) is 5.73 Å². The summed E-state index contributed by atoms with van der Waals surface area (Å²) >= 11 is 0. The van der Waals surface area contributed by atoms with Crippen molar-refractivity contribution in [3.8, 4) is 0 Å². The van der Waals surface area contributed by atoms with Gasteiger partial charge in [0.05, 0.1) is 23.6 Å². The van der Waals surface area contributed by atoms with E-state index in [0.29, 0.717) is 17.7 Å². The molecule has 0 bridgehead atoms. The zero-order valence-corrected chi connectivity index (χ0v) is 18.5. The quantitative estimate of drug-likeness (QED) is 0.555. The summed E-state index contributed by atoms with van der Waals surface area (Å²) in [5.74, 6) is -1.59. The summed E-state index contributed by atoms with van der Waals surface area (Å²) in [5.41, 5.74) is 6.98. The van der Waals surface area contributed by atoms with E-state index < -0.39 is 17.5 Å². The minimum absolute atomic E-state index is 0.00403. The first-order valence-corrected chi connectivity index (χ1v) is 10.7. The van der Waals surface area contributed by atoms with E-state index in [4.69, 9.17) is 15.6 Å². The third-order valence-electron chi connectivity index (χ3n) is 5.69. The molecule has 3 aromatic rings. The highest BCUT2D eigenvalue weighted by molar-refractivity contribution is 6.03. The number of fused-ring (bicyclic) bond motifs is 1. The topological polar surface area (TPSA) is 118 Å². The van der Waals surface area contributed by atoms with Crippen LogP contribution in [0.4, 0.5) is 8.78 Å². The van der Waals surface area contributed by atoms with Crippen LogP contribution in [0.5, 0.6) is 0 Å². The van der Waals surface area contributed by atoms with Crippen LogP contribution in [-0.2, 0) is 4.74 Å². The lowest BCUT2D eigenvalue weighted by Crippen LogP contribution is -2.17. The van der Waals surface area contributed by atoms with E-state index in [-0.39, 0.29) is 34.4 Å². The molecule has 5 rings (SSSR count). The van der Waals surface area contributed by atoms with E-state index in [9.17, 15) is 18.4 Å². The highest BCUT2D eigenvalue weighted by Crippen LogP contribution is 2.46. The van der Waals surface area contributed by atoms with Gasteiger partial charge in [-0.1, -0.05) is 6.07 Å². The van der Waals surface area contributed by atoms with E-state index in [2.05, 4.69) is 9.97 Å². The molecule has 2 fully saturated rings. The van der Waals surface area contributed by atoms with Crippen LogP contribution in [0.25, 0.3) is 10.9 Å². The summed E-state index contributed by atoms with van der Waals surface area (Å²) in [5, 5.41) is 7.24. The number of nitrogens with zero attached hydrogens (tertiary/aromatic N) is 1. The molecular weight excluding hydrogens is 432 g/mol. The van der Waals surface area contributed by atoms with E-state index >= 15 is 0 Å². The molecule has 2 atom stereocenters. The Morgan fingerprint density at radius 2 is 1.91 bits per heavy atom. The van der Waals surface area contributed by atoms with Gasteiger partial charge in [0.1, 0.15) is 5.69 Å². The van der Waals surface area contributed by atoms with Crippen LogP contribution in [0.15, 0.2) is 41.5 Å². The van der Waals surface area contributed by atoms with Gasteiger partial charge < -0.3 is 20.6 Å². The lowest BCUT2D eigenvalue weighted by molar-refractivity contribution is 0.0997. The lowest BCUT2D eigenvalue weighted by Gasteiger charge is -2.15. The number of aromatic nitrogens is 2. The van der Waals surface area contributed by atoms with E-state index in [1.54, 1.807) is 12.1 Å². The van der Waals surface area contributed by atoms with Gasteiger partial charge in [-0.15, -0.1) is 0 Å². The van der Waals surface area contributed by atoms with Crippen molar-refractivity contribution < 1.29 is 23.4 Å². The molecule has 1 saturated heterocycles. The molecule has 2 aliphatic rings. The molecular formula is C24H27F2N3O4. The number of nitrogens with one attached hydrogen (secondary N) is 1. The number of benzene rings is 1. The number of nitrogens with two attached hydrogens (primary N) is 1. The van der Waals surface area contributed by atoms with Gasteiger partial charge in [0.2, 0.25) is 0 Å². The maximum atomic E-state index is 13.9. The summed E-state index contributed by atoms with van der Waals surface area (Å²) in [7, 11) is 1.00. The van der Waals surface area contributed by atoms with Gasteiger partial charge >= 0.3 is 0 Å². The van der Waals surface area contributed by atoms with Crippen LogP contribution in [0.2, 0.25) is 0 Å². The van der Waals surface area contributed by atoms with Crippen LogP contribution in [0.3, 0.4) is 0 Å². The van der Waals surface area contributed by atoms with E-state index in [0.717, 1.165) is 31.9 Å². The maximum absolute atomic E-state index is 13.9. The number of primary amides is 1. The summed E-state index contributed by atoms with van der Waals surface area (Å²) in [4.78, 5) is 29.0. The van der Waals surface area contributed by atoms with Crippen LogP contribution < -0.4 is 11.2 Å². The molecule has 4 N–H and O–H groups in total. The van der Waals surface area contributed by atoms with Crippen molar-refractivity contribution >= 4 is 16.8 Å². The molecule has 2 unspecified atom stereocenters. The van der Waals surface area contributed by atoms with Gasteiger partial charge in [-0.25, -0.2) is 8.78 Å². The van der Waals surface area contributed by atoms with Gasteiger partial charge in [-0.2, -0.15) is 0 Å². The van der Waals surface area contributed by atoms with Crippen LogP contribution >= 0.6 is 0 Å². The molecule has 0 radical (unpaired) electrons. The maximum Gasteiger partial charge on any atom is 0.268 e. The molecule has 1 aliphatic carbocycles. The first-order chi connectivity index (χ1) is 15.9. The number of aliphatic hydroxyl groups is 1. The van der Waals surface area contributed by atoms with Gasteiger partial charge in [-0.3, -0.25) is 14.6 Å². The number of carbonyl (C=O) groups is 1. The Labute approximate surface area is 189 Å². The normalized spacial score (nSPS) is 19.3. The summed E-state index contributed by atoms with van der Waals surface area (Å²) in [6.07, 6.45) is 6.03. The second-order valence-electron chi connectivity index (χ2n) is 8.00. The van der Waals surface area contributed by atoms with Crippen molar-refractivity contribution in [1.29, 1.82) is 0 Å². The second kappa shape index (κ2) is 10.6. The molecule has 176 valence electrons. The number of hydrogen-bond acceptors (Lipinski definition) is 5. The van der Waals surface area contributed by atoms with Crippen LogP contribution in [0.1, 0.15) is 59.6 Å². The van der Waals surface area contributed by atoms with E-state index in [1.807, 2.05) is 6.92 Å². The number of carbonyl (C=O) groups excluding carboxylic acids is 1. The fourth-order valence-corrected chi connectivity index (χ4v) is 4.07. The highest BCUT2D eigenvalue weighted by Gasteiger charge is 2.34. The van der Waals surface area contributed by atoms with Crippen molar-refractivity contribution in [3.63, 3.8) is 0 Å². The Bertz CT molecular complexity index is 1190. The third kappa shape index (κ3) is 5.43. The number of halogens is 2. The van der Waals surface area contributed by atoms with E-state index in [1.165, 1.54) is 24.5 Å². The monoisotopic (exact) mass is 459 g/mol. The lowest BCUT2D eigenvalue weighted by atomic mass is 9.90. The van der Waals surface area contributed by atoms with Gasteiger partial charge in [0.15, 0.2) is 17.1 Å². The number of pyridine rings is 2. The summed E-state index contributed by atoms with van der Waals surface area (Å²) in [6.45, 7) is 2.66. The minimum atomic E-state index is -0.720. The molecule has 1 aliphatic heterocycles. The number of hydrogen-bond donors (Lipinski definition) is 3. The Hall–Kier alpha value is -3.17. The van der Waals surface area contributed by atoms with Crippen molar-refractivity contribution in [2.45, 2.75) is 44.1 Å². The number of aliphatic hydroxyl groups excluding tert-OH is 1. The average molecular weight is 459 g/mol. The first-order valence-electron chi connectivity index (χ1n) is 10.7. The largest absolute Gasteiger partial charge is 0.400 e. The molecule has 1 saturated carbocycles. The Morgan fingerprint density at radius 3 is 2.52 bits per heavy atom. The van der Waals surface area contributed by atoms with Gasteiger partial charge in [0.25, 0.3) is 5.91 Å². The molecule has 1 aromatic carbocycles. The Morgan fingerprint density at radius 1 is 1.18 bits per heavy atom. The molecule has 33 heavy (non-hydrogen) atoms. The first kappa shape index (κ1) is 24.5. The minimum Gasteiger partial charge on any atom is -0.400 e. The SMILES string of the molecule is CC1CC(c2ccc(F)c(F)c2C2CC2)CO1.CO.NC(=O)c1nccc2[nH]ccc(=O)c12. The highest BCUT2D eigenvalue weighted by atomic mass is 19.2. The fourth-order valence-electron chi connectivity index (χ4n) is 4.07. The van der Waals surface area contributed by atoms with Crippen LogP contribution in [0, 0.1) is 11.6 Å². The smallest absolute Gasteiger partial charge is 0.268 e. The number of amides is 1. The second-order valence-corrected chi connectivity index (χ2v) is 8.00. The number of H-pyrrole nitrogens is 1. The van der Waals surface area contributed by atoms with Gasteiger partial charge in [0, 0.05) is 31.5 Å². The molecule has 7 nitrogen and oxygen atoms in total. The zero-order valence-electron chi connectivity index (χ0n) is 18.5. The number of ether oxygens (including phenoxy) is 1. The van der Waals surface area contributed by atoms with Crippen molar-refractivity contribution in [1.82, 2.24) is 9.97 Å². The summed E-state index contributed by atoms with van der Waals surface area (Å²) < 4.78 is 32.7. The predicted molar refractivity (Wildman–Crippen MR) is 120 cm³/mol. The molecule has 1 amide bonds.